The minimum atomic E-state index is -3.76. The second-order valence-corrected chi connectivity index (χ2v) is 9.38. The molecule has 0 aliphatic carbocycles. The van der Waals surface area contributed by atoms with Crippen LogP contribution in [0, 0.1) is 6.92 Å². The lowest BCUT2D eigenvalue weighted by Crippen LogP contribution is -2.43. The number of carbonyl (C=O) groups excluding carboxylic acids is 1. The molecule has 1 aliphatic heterocycles. The molecular weight excluding hydrogens is 412 g/mol. The number of rotatable bonds is 6. The van der Waals surface area contributed by atoms with Gasteiger partial charge in [0.15, 0.2) is 5.75 Å². The highest BCUT2D eigenvalue weighted by Gasteiger charge is 2.39. The molecule has 160 valence electrons. The summed E-state index contributed by atoms with van der Waals surface area (Å²) in [6, 6.07) is 22.3. The Hall–Kier alpha value is -3.16. The number of sulfonamides is 1. The fourth-order valence-corrected chi connectivity index (χ4v) is 5.28. The maximum atomic E-state index is 13.1. The summed E-state index contributed by atoms with van der Waals surface area (Å²) in [5.74, 6) is 0.777. The van der Waals surface area contributed by atoms with E-state index in [1.807, 2.05) is 43.3 Å². The van der Waals surface area contributed by atoms with Crippen LogP contribution in [-0.4, -0.2) is 31.2 Å². The lowest BCUT2D eigenvalue weighted by atomic mass is 10.2. The Morgan fingerprint density at radius 3 is 2.39 bits per heavy atom. The highest BCUT2D eigenvalue weighted by Crippen LogP contribution is 2.31. The smallest absolute Gasteiger partial charge is 0.243 e. The molecular formula is C24H24N2O4S. The van der Waals surface area contributed by atoms with Gasteiger partial charge in [-0.2, -0.15) is 4.31 Å². The van der Waals surface area contributed by atoms with Gasteiger partial charge in [-0.05, 0) is 56.2 Å². The van der Waals surface area contributed by atoms with Gasteiger partial charge >= 0.3 is 0 Å². The molecule has 1 saturated heterocycles. The second-order valence-electron chi connectivity index (χ2n) is 7.49. The topological polar surface area (TPSA) is 75.7 Å². The van der Waals surface area contributed by atoms with Gasteiger partial charge in [-0.25, -0.2) is 8.42 Å². The molecule has 1 N–H and O–H groups in total. The highest BCUT2D eigenvalue weighted by molar-refractivity contribution is 7.89. The quantitative estimate of drug-likeness (QED) is 0.614. The third-order valence-corrected chi connectivity index (χ3v) is 7.17. The van der Waals surface area contributed by atoms with Crippen molar-refractivity contribution in [2.45, 2.75) is 30.7 Å². The SMILES string of the molecule is Cc1ccc(S(=O)(=O)N2CCCC2C(=O)Nc2ccccc2Oc2ccccc2)cc1. The van der Waals surface area contributed by atoms with Crippen LogP contribution in [0.3, 0.4) is 0 Å². The van der Waals surface area contributed by atoms with Gasteiger partial charge in [-0.15, -0.1) is 0 Å². The van der Waals surface area contributed by atoms with Crippen LogP contribution in [0.25, 0.3) is 0 Å². The molecule has 0 aromatic heterocycles. The van der Waals surface area contributed by atoms with Crippen LogP contribution < -0.4 is 10.1 Å². The number of nitrogens with one attached hydrogen (secondary N) is 1. The number of benzene rings is 3. The molecule has 4 rings (SSSR count). The Balaban J connectivity index is 1.54. The number of anilines is 1. The summed E-state index contributed by atoms with van der Waals surface area (Å²) < 4.78 is 33.5. The normalized spacial score (nSPS) is 16.7. The molecule has 7 heteroatoms. The Labute approximate surface area is 182 Å². The highest BCUT2D eigenvalue weighted by atomic mass is 32.2. The first-order valence-corrected chi connectivity index (χ1v) is 11.6. The van der Waals surface area contributed by atoms with Gasteiger partial charge in [-0.3, -0.25) is 4.79 Å². The van der Waals surface area contributed by atoms with Gasteiger partial charge in [-0.1, -0.05) is 48.0 Å². The third kappa shape index (κ3) is 4.62. The number of aryl methyl sites for hydroxylation is 1. The zero-order chi connectivity index (χ0) is 21.8. The minimum absolute atomic E-state index is 0.200. The molecule has 1 fully saturated rings. The van der Waals surface area contributed by atoms with E-state index >= 15 is 0 Å². The molecule has 1 aliphatic rings. The molecule has 0 saturated carbocycles. The summed E-state index contributed by atoms with van der Waals surface area (Å²) in [4.78, 5) is 13.3. The van der Waals surface area contributed by atoms with E-state index in [1.165, 1.54) is 4.31 Å². The number of hydrogen-bond acceptors (Lipinski definition) is 4. The standard InChI is InChI=1S/C24H24N2O4S/c1-18-13-15-20(16-14-18)31(28,29)26-17-7-11-22(26)24(27)25-21-10-5-6-12-23(21)30-19-8-3-2-4-9-19/h2-6,8-10,12-16,22H,7,11,17H2,1H3,(H,25,27). The van der Waals surface area contributed by atoms with Crippen LogP contribution in [0.15, 0.2) is 83.8 Å². The number of hydrogen-bond donors (Lipinski definition) is 1. The summed E-state index contributed by atoms with van der Waals surface area (Å²) in [6.07, 6.45) is 1.10. The van der Waals surface area contributed by atoms with Crippen molar-refractivity contribution in [3.05, 3.63) is 84.4 Å². The third-order valence-electron chi connectivity index (χ3n) is 5.25. The molecule has 3 aromatic rings. The van der Waals surface area contributed by atoms with Crippen LogP contribution in [0.1, 0.15) is 18.4 Å². The first-order valence-electron chi connectivity index (χ1n) is 10.2. The van der Waals surface area contributed by atoms with E-state index in [0.29, 0.717) is 36.6 Å². The van der Waals surface area contributed by atoms with Crippen molar-refractivity contribution in [1.82, 2.24) is 4.31 Å². The number of ether oxygens (including phenoxy) is 1. The first-order chi connectivity index (χ1) is 14.9. The summed E-state index contributed by atoms with van der Waals surface area (Å²) in [5, 5.41) is 2.87. The van der Waals surface area contributed by atoms with Crippen LogP contribution in [-0.2, 0) is 14.8 Å². The van der Waals surface area contributed by atoms with Gasteiger partial charge in [0.25, 0.3) is 0 Å². The van der Waals surface area contributed by atoms with Crippen molar-refractivity contribution in [1.29, 1.82) is 0 Å². The van der Waals surface area contributed by atoms with E-state index in [-0.39, 0.29) is 10.8 Å². The van der Waals surface area contributed by atoms with Crippen molar-refractivity contribution < 1.29 is 17.9 Å². The molecule has 1 amide bonds. The van der Waals surface area contributed by atoms with Crippen molar-refractivity contribution in [2.75, 3.05) is 11.9 Å². The molecule has 1 heterocycles. The fraction of sp³-hybridized carbons (Fsp3) is 0.208. The number of amides is 1. The molecule has 0 spiro atoms. The van der Waals surface area contributed by atoms with E-state index in [4.69, 9.17) is 4.74 Å². The predicted octanol–water partition coefficient (Wildman–Crippen LogP) is 4.58. The second kappa shape index (κ2) is 8.91. The minimum Gasteiger partial charge on any atom is -0.455 e. The van der Waals surface area contributed by atoms with Gasteiger partial charge in [0, 0.05) is 6.54 Å². The van der Waals surface area contributed by atoms with E-state index in [1.54, 1.807) is 42.5 Å². The van der Waals surface area contributed by atoms with Crippen LogP contribution in [0.4, 0.5) is 5.69 Å². The summed E-state index contributed by atoms with van der Waals surface area (Å²) >= 11 is 0. The predicted molar refractivity (Wildman–Crippen MR) is 120 cm³/mol. The van der Waals surface area contributed by atoms with Gasteiger partial charge in [0.05, 0.1) is 10.6 Å². The van der Waals surface area contributed by atoms with E-state index in [9.17, 15) is 13.2 Å². The molecule has 0 bridgehead atoms. The van der Waals surface area contributed by atoms with Crippen molar-refractivity contribution in [3.8, 4) is 11.5 Å². The molecule has 6 nitrogen and oxygen atoms in total. The summed E-state index contributed by atoms with van der Waals surface area (Å²) in [6.45, 7) is 2.22. The van der Waals surface area contributed by atoms with E-state index in [0.717, 1.165) is 5.56 Å². The molecule has 3 aromatic carbocycles. The van der Waals surface area contributed by atoms with Gasteiger partial charge in [0.1, 0.15) is 11.8 Å². The van der Waals surface area contributed by atoms with E-state index < -0.39 is 16.1 Å². The van der Waals surface area contributed by atoms with Crippen molar-refractivity contribution in [3.63, 3.8) is 0 Å². The zero-order valence-corrected chi connectivity index (χ0v) is 18.0. The van der Waals surface area contributed by atoms with Gasteiger partial charge < -0.3 is 10.1 Å². The number of nitrogens with zero attached hydrogens (tertiary/aromatic N) is 1. The molecule has 31 heavy (non-hydrogen) atoms. The Kier molecular flexibility index (Phi) is 6.06. The van der Waals surface area contributed by atoms with Crippen LogP contribution >= 0.6 is 0 Å². The maximum Gasteiger partial charge on any atom is 0.243 e. The largest absolute Gasteiger partial charge is 0.455 e. The van der Waals surface area contributed by atoms with Crippen LogP contribution in [0.5, 0.6) is 11.5 Å². The fourth-order valence-electron chi connectivity index (χ4n) is 3.63. The molecule has 0 radical (unpaired) electrons. The maximum absolute atomic E-state index is 13.1. The van der Waals surface area contributed by atoms with Crippen molar-refractivity contribution >= 4 is 21.6 Å². The molecule has 1 unspecified atom stereocenters. The van der Waals surface area contributed by atoms with E-state index in [2.05, 4.69) is 5.32 Å². The van der Waals surface area contributed by atoms with Crippen molar-refractivity contribution in [2.24, 2.45) is 0 Å². The Morgan fingerprint density at radius 1 is 0.968 bits per heavy atom. The van der Waals surface area contributed by atoms with Gasteiger partial charge in [0.2, 0.25) is 15.9 Å². The lowest BCUT2D eigenvalue weighted by molar-refractivity contribution is -0.119. The Morgan fingerprint density at radius 2 is 1.65 bits per heavy atom. The summed E-state index contributed by atoms with van der Waals surface area (Å²) in [7, 11) is -3.76. The number of carbonyl (C=O) groups is 1. The van der Waals surface area contributed by atoms with Crippen LogP contribution in [0.2, 0.25) is 0 Å². The zero-order valence-electron chi connectivity index (χ0n) is 17.2. The Bertz CT molecular complexity index is 1160. The molecule has 1 atom stereocenters. The first kappa shape index (κ1) is 21.1. The average molecular weight is 437 g/mol. The average Bonchev–Trinajstić information content (AvgIpc) is 3.27. The monoisotopic (exact) mass is 436 g/mol. The number of para-hydroxylation sites is 3. The lowest BCUT2D eigenvalue weighted by Gasteiger charge is -2.24. The summed E-state index contributed by atoms with van der Waals surface area (Å²) in [5.41, 5.74) is 1.47.